The molecule has 4 heteroatoms. The minimum Gasteiger partial charge on any atom is -0.399 e. The number of nitrogens with two attached hydrogens (primary N) is 1. The van der Waals surface area contributed by atoms with Crippen molar-refractivity contribution in [3.63, 3.8) is 0 Å². The molecule has 4 nitrogen and oxygen atoms in total. The Labute approximate surface area is 119 Å². The Bertz CT molecular complexity index is 603. The van der Waals surface area contributed by atoms with Gasteiger partial charge in [0, 0.05) is 17.8 Å². The van der Waals surface area contributed by atoms with Gasteiger partial charge in [-0.05, 0) is 49.6 Å². The largest absolute Gasteiger partial charge is 0.399 e. The van der Waals surface area contributed by atoms with Gasteiger partial charge in [-0.1, -0.05) is 18.2 Å². The Kier molecular flexibility index (Phi) is 4.35. The molecule has 0 saturated carbocycles. The van der Waals surface area contributed by atoms with Gasteiger partial charge in [-0.25, -0.2) is 4.98 Å². The highest BCUT2D eigenvalue weighted by atomic mass is 16.1. The number of para-hydroxylation sites is 1. The molecule has 0 fully saturated rings. The second-order valence-electron chi connectivity index (χ2n) is 4.92. The van der Waals surface area contributed by atoms with Crippen molar-refractivity contribution in [3.05, 3.63) is 53.2 Å². The standard InChI is InChI=1S/C16H19N3O/c1-11-9-12(2)18-15(10-11)19-16(20)8-7-13-5-3-4-6-14(13)17/h3-6,9-10H,7-8,17H2,1-2H3,(H,18,19,20). The van der Waals surface area contributed by atoms with Crippen LogP contribution in [0.25, 0.3) is 0 Å². The first-order valence-electron chi connectivity index (χ1n) is 6.63. The monoisotopic (exact) mass is 269 g/mol. The molecule has 2 rings (SSSR count). The molecule has 1 amide bonds. The van der Waals surface area contributed by atoms with E-state index in [4.69, 9.17) is 5.73 Å². The number of hydrogen-bond acceptors (Lipinski definition) is 3. The van der Waals surface area contributed by atoms with E-state index < -0.39 is 0 Å². The average molecular weight is 269 g/mol. The van der Waals surface area contributed by atoms with Gasteiger partial charge in [-0.3, -0.25) is 4.79 Å². The SMILES string of the molecule is Cc1cc(C)nc(NC(=O)CCc2ccccc2N)c1. The molecule has 0 saturated heterocycles. The van der Waals surface area contributed by atoms with Crippen LogP contribution in [0.4, 0.5) is 11.5 Å². The number of carbonyl (C=O) groups is 1. The van der Waals surface area contributed by atoms with E-state index in [9.17, 15) is 4.79 Å². The maximum atomic E-state index is 11.9. The van der Waals surface area contributed by atoms with Crippen LogP contribution in [-0.4, -0.2) is 10.9 Å². The van der Waals surface area contributed by atoms with E-state index in [1.807, 2.05) is 50.2 Å². The third-order valence-electron chi connectivity index (χ3n) is 3.04. The zero-order valence-electron chi connectivity index (χ0n) is 11.8. The topological polar surface area (TPSA) is 68.0 Å². The van der Waals surface area contributed by atoms with Gasteiger partial charge in [0.15, 0.2) is 0 Å². The minimum absolute atomic E-state index is 0.0502. The van der Waals surface area contributed by atoms with Crippen molar-refractivity contribution in [2.75, 3.05) is 11.1 Å². The molecular formula is C16H19N3O. The second-order valence-corrected chi connectivity index (χ2v) is 4.92. The Morgan fingerprint density at radius 1 is 1.25 bits per heavy atom. The molecule has 3 N–H and O–H groups in total. The number of carbonyl (C=O) groups excluding carboxylic acids is 1. The summed E-state index contributed by atoms with van der Waals surface area (Å²) in [4.78, 5) is 16.2. The summed E-state index contributed by atoms with van der Waals surface area (Å²) in [5, 5.41) is 2.82. The summed E-state index contributed by atoms with van der Waals surface area (Å²) in [5.74, 6) is 0.555. The van der Waals surface area contributed by atoms with Crippen molar-refractivity contribution in [1.29, 1.82) is 0 Å². The lowest BCUT2D eigenvalue weighted by atomic mass is 10.1. The number of pyridine rings is 1. The van der Waals surface area contributed by atoms with Crippen LogP contribution in [0.1, 0.15) is 23.2 Å². The summed E-state index contributed by atoms with van der Waals surface area (Å²) in [7, 11) is 0. The third-order valence-corrected chi connectivity index (χ3v) is 3.04. The fourth-order valence-electron chi connectivity index (χ4n) is 2.12. The number of rotatable bonds is 4. The number of amides is 1. The van der Waals surface area contributed by atoms with Crippen molar-refractivity contribution >= 4 is 17.4 Å². The fourth-order valence-corrected chi connectivity index (χ4v) is 2.12. The molecule has 1 aromatic carbocycles. The highest BCUT2D eigenvalue weighted by Crippen LogP contribution is 2.14. The number of aromatic nitrogens is 1. The maximum Gasteiger partial charge on any atom is 0.225 e. The fraction of sp³-hybridized carbons (Fsp3) is 0.250. The van der Waals surface area contributed by atoms with Gasteiger partial charge >= 0.3 is 0 Å². The third kappa shape index (κ3) is 3.82. The summed E-state index contributed by atoms with van der Waals surface area (Å²) in [6.07, 6.45) is 1.02. The molecule has 0 bridgehead atoms. The van der Waals surface area contributed by atoms with Crippen LogP contribution in [0.15, 0.2) is 36.4 Å². The first-order chi connectivity index (χ1) is 9.54. The zero-order valence-corrected chi connectivity index (χ0v) is 11.8. The van der Waals surface area contributed by atoms with E-state index in [-0.39, 0.29) is 5.91 Å². The lowest BCUT2D eigenvalue weighted by Gasteiger charge is -2.07. The molecule has 0 aliphatic carbocycles. The maximum absolute atomic E-state index is 11.9. The first kappa shape index (κ1) is 14.1. The van der Waals surface area contributed by atoms with E-state index >= 15 is 0 Å². The van der Waals surface area contributed by atoms with Crippen LogP contribution in [0.2, 0.25) is 0 Å². The Morgan fingerprint density at radius 2 is 2.00 bits per heavy atom. The van der Waals surface area contributed by atoms with E-state index in [2.05, 4.69) is 10.3 Å². The van der Waals surface area contributed by atoms with E-state index in [0.29, 0.717) is 18.7 Å². The number of nitrogens with one attached hydrogen (secondary N) is 1. The van der Waals surface area contributed by atoms with Crippen LogP contribution >= 0.6 is 0 Å². The van der Waals surface area contributed by atoms with Crippen molar-refractivity contribution in [2.24, 2.45) is 0 Å². The summed E-state index contributed by atoms with van der Waals surface area (Å²) < 4.78 is 0. The molecule has 104 valence electrons. The molecule has 1 heterocycles. The predicted molar refractivity (Wildman–Crippen MR) is 81.5 cm³/mol. The van der Waals surface area contributed by atoms with Crippen LogP contribution < -0.4 is 11.1 Å². The van der Waals surface area contributed by atoms with Gasteiger partial charge in [0.05, 0.1) is 0 Å². The smallest absolute Gasteiger partial charge is 0.225 e. The lowest BCUT2D eigenvalue weighted by molar-refractivity contribution is -0.116. The summed E-state index contributed by atoms with van der Waals surface area (Å²) >= 11 is 0. The number of nitrogens with zero attached hydrogens (tertiary/aromatic N) is 1. The van der Waals surface area contributed by atoms with Gasteiger partial charge in [-0.2, -0.15) is 0 Å². The highest BCUT2D eigenvalue weighted by Gasteiger charge is 2.06. The number of hydrogen-bond donors (Lipinski definition) is 2. The van der Waals surface area contributed by atoms with Gasteiger partial charge in [-0.15, -0.1) is 0 Å². The minimum atomic E-state index is -0.0502. The van der Waals surface area contributed by atoms with E-state index in [1.54, 1.807) is 0 Å². The Morgan fingerprint density at radius 3 is 2.70 bits per heavy atom. The van der Waals surface area contributed by atoms with Crippen LogP contribution in [0.3, 0.4) is 0 Å². The van der Waals surface area contributed by atoms with Gasteiger partial charge in [0.25, 0.3) is 0 Å². The van der Waals surface area contributed by atoms with Crippen LogP contribution in [-0.2, 0) is 11.2 Å². The van der Waals surface area contributed by atoms with Gasteiger partial charge in [0.2, 0.25) is 5.91 Å². The summed E-state index contributed by atoms with van der Waals surface area (Å²) in [5.41, 5.74) is 9.56. The molecular weight excluding hydrogens is 250 g/mol. The van der Waals surface area contributed by atoms with E-state index in [1.165, 1.54) is 0 Å². The van der Waals surface area contributed by atoms with Crippen LogP contribution in [0, 0.1) is 13.8 Å². The zero-order chi connectivity index (χ0) is 14.5. The molecule has 0 aliphatic rings. The highest BCUT2D eigenvalue weighted by molar-refractivity contribution is 5.90. The second kappa shape index (κ2) is 6.19. The normalized spacial score (nSPS) is 10.3. The number of nitrogen functional groups attached to an aromatic ring is 1. The van der Waals surface area contributed by atoms with Crippen molar-refractivity contribution < 1.29 is 4.79 Å². The molecule has 0 spiro atoms. The van der Waals surface area contributed by atoms with Gasteiger partial charge in [0.1, 0.15) is 5.82 Å². The average Bonchev–Trinajstić information content (AvgIpc) is 2.36. The molecule has 20 heavy (non-hydrogen) atoms. The molecule has 0 radical (unpaired) electrons. The number of benzene rings is 1. The quantitative estimate of drug-likeness (QED) is 0.839. The van der Waals surface area contributed by atoms with Crippen molar-refractivity contribution in [3.8, 4) is 0 Å². The van der Waals surface area contributed by atoms with Crippen molar-refractivity contribution in [2.45, 2.75) is 26.7 Å². The molecule has 2 aromatic rings. The number of anilines is 2. The number of aryl methyl sites for hydroxylation is 3. The lowest BCUT2D eigenvalue weighted by Crippen LogP contribution is -2.14. The van der Waals surface area contributed by atoms with Crippen molar-refractivity contribution in [1.82, 2.24) is 4.98 Å². The summed E-state index contributed by atoms with van der Waals surface area (Å²) in [6, 6.07) is 11.4. The van der Waals surface area contributed by atoms with Gasteiger partial charge < -0.3 is 11.1 Å². The summed E-state index contributed by atoms with van der Waals surface area (Å²) in [6.45, 7) is 3.89. The predicted octanol–water partition coefficient (Wildman–Crippen LogP) is 2.85. The Hall–Kier alpha value is -2.36. The molecule has 0 aliphatic heterocycles. The first-order valence-corrected chi connectivity index (χ1v) is 6.63. The molecule has 1 aromatic heterocycles. The van der Waals surface area contributed by atoms with Crippen LogP contribution in [0.5, 0.6) is 0 Å². The molecule has 0 unspecified atom stereocenters. The van der Waals surface area contributed by atoms with E-state index in [0.717, 1.165) is 22.5 Å². The molecule has 0 atom stereocenters. The Balaban J connectivity index is 1.94.